The number of carbonyl (C=O) groups excluding carboxylic acids is 3. The quantitative estimate of drug-likeness (QED) is 0.439. The summed E-state index contributed by atoms with van der Waals surface area (Å²) in [6.45, 7) is -0.189. The lowest BCUT2D eigenvalue weighted by Gasteiger charge is -2.37. The average Bonchev–Trinajstić information content (AvgIpc) is 3.38. The molecule has 2 saturated carbocycles. The summed E-state index contributed by atoms with van der Waals surface area (Å²) in [6.07, 6.45) is 5.42. The zero-order chi connectivity index (χ0) is 17.3. The van der Waals surface area contributed by atoms with E-state index in [1.807, 2.05) is 24.3 Å². The molecule has 3 fully saturated rings. The van der Waals surface area contributed by atoms with Gasteiger partial charge >= 0.3 is 0 Å². The van der Waals surface area contributed by atoms with E-state index in [1.54, 1.807) is 0 Å². The fraction of sp³-hybridized carbons (Fsp3) is 0.421. The number of allylic oxidation sites excluding steroid dienone is 2. The van der Waals surface area contributed by atoms with Gasteiger partial charge < -0.3 is 5.32 Å². The number of hydrogen-bond donors (Lipinski definition) is 1. The number of rotatable bonds is 3. The van der Waals surface area contributed by atoms with Crippen molar-refractivity contribution in [2.24, 2.45) is 35.5 Å². The summed E-state index contributed by atoms with van der Waals surface area (Å²) in [5, 5.41) is 2.77. The van der Waals surface area contributed by atoms with Gasteiger partial charge in [0.15, 0.2) is 0 Å². The van der Waals surface area contributed by atoms with Crippen LogP contribution in [0, 0.1) is 39.1 Å². The van der Waals surface area contributed by atoms with Crippen molar-refractivity contribution in [2.45, 2.75) is 6.42 Å². The SMILES string of the molecule is O=C(CN1C(=O)C2C3C=CC(C4CC34)C2C1=O)Nc1ccc(I)cc1. The molecule has 4 aliphatic carbocycles. The maximum Gasteiger partial charge on any atom is 0.244 e. The topological polar surface area (TPSA) is 66.5 Å². The maximum atomic E-state index is 12.8. The first-order valence-electron chi connectivity index (χ1n) is 8.63. The second kappa shape index (κ2) is 5.40. The zero-order valence-corrected chi connectivity index (χ0v) is 15.5. The van der Waals surface area contributed by atoms with Crippen LogP contribution in [0.4, 0.5) is 5.69 Å². The summed E-state index contributed by atoms with van der Waals surface area (Å²) in [6, 6.07) is 7.41. The highest BCUT2D eigenvalue weighted by Gasteiger charge is 2.67. The molecule has 6 rings (SSSR count). The van der Waals surface area contributed by atoms with Gasteiger partial charge in [-0.2, -0.15) is 0 Å². The molecule has 1 aliphatic heterocycles. The third-order valence-electron chi connectivity index (χ3n) is 6.18. The molecular weight excluding hydrogens is 431 g/mol. The fourth-order valence-electron chi connectivity index (χ4n) is 5.05. The predicted molar refractivity (Wildman–Crippen MR) is 99.2 cm³/mol. The van der Waals surface area contributed by atoms with Gasteiger partial charge in [0.25, 0.3) is 0 Å². The normalized spacial score (nSPS) is 37.1. The van der Waals surface area contributed by atoms with Crippen LogP contribution in [0.2, 0.25) is 0 Å². The van der Waals surface area contributed by atoms with Crippen molar-refractivity contribution in [3.8, 4) is 0 Å². The van der Waals surface area contributed by atoms with Crippen LogP contribution < -0.4 is 5.32 Å². The summed E-state index contributed by atoms with van der Waals surface area (Å²) in [7, 11) is 0. The van der Waals surface area contributed by atoms with Crippen LogP contribution in [0.3, 0.4) is 0 Å². The van der Waals surface area contributed by atoms with Crippen LogP contribution >= 0.6 is 22.6 Å². The van der Waals surface area contributed by atoms with E-state index < -0.39 is 0 Å². The largest absolute Gasteiger partial charge is 0.325 e. The van der Waals surface area contributed by atoms with E-state index in [9.17, 15) is 14.4 Å². The highest BCUT2D eigenvalue weighted by atomic mass is 127. The highest BCUT2D eigenvalue weighted by molar-refractivity contribution is 14.1. The van der Waals surface area contributed by atoms with Crippen LogP contribution in [-0.4, -0.2) is 29.2 Å². The van der Waals surface area contributed by atoms with Crippen molar-refractivity contribution in [2.75, 3.05) is 11.9 Å². The van der Waals surface area contributed by atoms with Gasteiger partial charge in [-0.05, 0) is 76.9 Å². The van der Waals surface area contributed by atoms with Gasteiger partial charge in [-0.1, -0.05) is 12.2 Å². The third kappa shape index (κ3) is 2.29. The van der Waals surface area contributed by atoms with Crippen molar-refractivity contribution in [3.05, 3.63) is 40.0 Å². The van der Waals surface area contributed by atoms with Crippen LogP contribution in [0.5, 0.6) is 0 Å². The minimum Gasteiger partial charge on any atom is -0.325 e. The number of anilines is 1. The Kier molecular flexibility index (Phi) is 3.36. The monoisotopic (exact) mass is 448 g/mol. The molecule has 5 aliphatic rings. The average molecular weight is 448 g/mol. The lowest BCUT2D eigenvalue weighted by Crippen LogP contribution is -2.40. The van der Waals surface area contributed by atoms with Crippen molar-refractivity contribution in [3.63, 3.8) is 0 Å². The molecule has 128 valence electrons. The molecule has 2 bridgehead atoms. The van der Waals surface area contributed by atoms with E-state index in [4.69, 9.17) is 0 Å². The van der Waals surface area contributed by atoms with E-state index in [1.165, 1.54) is 4.90 Å². The molecule has 6 atom stereocenters. The molecule has 25 heavy (non-hydrogen) atoms. The molecule has 3 amide bonds. The molecule has 0 radical (unpaired) electrons. The first-order chi connectivity index (χ1) is 12.0. The number of nitrogens with zero attached hydrogens (tertiary/aromatic N) is 1. The molecule has 1 saturated heterocycles. The molecule has 6 heteroatoms. The minimum atomic E-state index is -0.327. The van der Waals surface area contributed by atoms with Gasteiger partial charge in [0.2, 0.25) is 17.7 Å². The number of hydrogen-bond acceptors (Lipinski definition) is 3. The van der Waals surface area contributed by atoms with Crippen LogP contribution in [0.1, 0.15) is 6.42 Å². The Morgan fingerprint density at radius 2 is 1.60 bits per heavy atom. The maximum absolute atomic E-state index is 12.8. The second-order valence-electron chi connectivity index (χ2n) is 7.47. The Balaban J connectivity index is 1.32. The lowest BCUT2D eigenvalue weighted by molar-refractivity contribution is -0.142. The molecular formula is C19H17IN2O3. The van der Waals surface area contributed by atoms with E-state index in [0.29, 0.717) is 17.5 Å². The van der Waals surface area contributed by atoms with Crippen molar-refractivity contribution in [1.29, 1.82) is 0 Å². The van der Waals surface area contributed by atoms with Gasteiger partial charge in [0.05, 0.1) is 11.8 Å². The molecule has 5 nitrogen and oxygen atoms in total. The summed E-state index contributed by atoms with van der Waals surface area (Å²) in [5.74, 6) is 0.431. The Bertz CT molecular complexity index is 782. The van der Waals surface area contributed by atoms with Gasteiger partial charge in [-0.3, -0.25) is 19.3 Å². The smallest absolute Gasteiger partial charge is 0.244 e. The number of halogens is 1. The second-order valence-corrected chi connectivity index (χ2v) is 8.72. The molecule has 0 aromatic heterocycles. The van der Waals surface area contributed by atoms with Crippen molar-refractivity contribution >= 4 is 46.0 Å². The third-order valence-corrected chi connectivity index (χ3v) is 6.90. The lowest BCUT2D eigenvalue weighted by atomic mass is 9.63. The molecule has 1 heterocycles. The Hall–Kier alpha value is -1.70. The van der Waals surface area contributed by atoms with Crippen molar-refractivity contribution in [1.82, 2.24) is 4.90 Å². The number of benzene rings is 1. The molecule has 1 aromatic carbocycles. The van der Waals surface area contributed by atoms with E-state index in [0.717, 1.165) is 9.99 Å². The Morgan fingerprint density at radius 1 is 1.04 bits per heavy atom. The molecule has 1 aromatic rings. The Morgan fingerprint density at radius 3 is 2.16 bits per heavy atom. The molecule has 6 unspecified atom stereocenters. The predicted octanol–water partition coefficient (Wildman–Crippen LogP) is 2.28. The van der Waals surface area contributed by atoms with Crippen LogP contribution in [-0.2, 0) is 14.4 Å². The van der Waals surface area contributed by atoms with Gasteiger partial charge in [0, 0.05) is 9.26 Å². The molecule has 1 N–H and O–H groups in total. The number of likely N-dealkylation sites (tertiary alicyclic amines) is 1. The number of amides is 3. The van der Waals surface area contributed by atoms with Gasteiger partial charge in [-0.15, -0.1) is 0 Å². The fourth-order valence-corrected chi connectivity index (χ4v) is 5.41. The van der Waals surface area contributed by atoms with Crippen LogP contribution in [0.25, 0.3) is 0 Å². The number of nitrogens with one attached hydrogen (secondary N) is 1. The van der Waals surface area contributed by atoms with E-state index >= 15 is 0 Å². The molecule has 0 spiro atoms. The van der Waals surface area contributed by atoms with Crippen LogP contribution in [0.15, 0.2) is 36.4 Å². The number of imide groups is 1. The summed E-state index contributed by atoms with van der Waals surface area (Å²) in [5.41, 5.74) is 0.671. The first kappa shape index (κ1) is 15.5. The Labute approximate surface area is 159 Å². The first-order valence-corrected chi connectivity index (χ1v) is 9.71. The number of carbonyl (C=O) groups is 3. The summed E-state index contributed by atoms with van der Waals surface area (Å²) >= 11 is 2.19. The summed E-state index contributed by atoms with van der Waals surface area (Å²) in [4.78, 5) is 39.2. The van der Waals surface area contributed by atoms with E-state index in [-0.39, 0.29) is 47.9 Å². The highest BCUT2D eigenvalue weighted by Crippen LogP contribution is 2.65. The summed E-state index contributed by atoms with van der Waals surface area (Å²) < 4.78 is 1.08. The zero-order valence-electron chi connectivity index (χ0n) is 13.4. The van der Waals surface area contributed by atoms with Crippen molar-refractivity contribution < 1.29 is 14.4 Å². The van der Waals surface area contributed by atoms with Gasteiger partial charge in [-0.25, -0.2) is 0 Å². The standard InChI is InChI=1S/C19H17IN2O3/c20-9-1-3-10(4-2-9)21-15(23)8-22-18(24)16-11-5-6-12(14-7-13(11)14)17(16)19(22)25/h1-6,11-14,16-17H,7-8H2,(H,21,23). The minimum absolute atomic E-state index is 0.155. The van der Waals surface area contributed by atoms with Gasteiger partial charge in [0.1, 0.15) is 6.54 Å². The van der Waals surface area contributed by atoms with E-state index in [2.05, 4.69) is 40.1 Å².